The highest BCUT2D eigenvalue weighted by Crippen LogP contribution is 2.23. The number of benzene rings is 1. The van der Waals surface area contributed by atoms with Gasteiger partial charge in [0.2, 0.25) is 5.95 Å². The van der Waals surface area contributed by atoms with Crippen LogP contribution in [0.1, 0.15) is 17.5 Å². The number of rotatable bonds is 5. The van der Waals surface area contributed by atoms with Crippen molar-refractivity contribution in [2.24, 2.45) is 0 Å². The topological polar surface area (TPSA) is 62.7 Å². The molecular formula is C15H17N5S. The van der Waals surface area contributed by atoms with E-state index in [1.807, 2.05) is 43.6 Å². The quantitative estimate of drug-likeness (QED) is 0.755. The van der Waals surface area contributed by atoms with Crippen LogP contribution in [0.3, 0.4) is 0 Å². The summed E-state index contributed by atoms with van der Waals surface area (Å²) in [4.78, 5) is 14.6. The largest absolute Gasteiger partial charge is 0.364 e. The summed E-state index contributed by atoms with van der Waals surface area (Å²) in [6.07, 6.45) is 0. The molecule has 3 rings (SSSR count). The molecule has 0 atom stereocenters. The summed E-state index contributed by atoms with van der Waals surface area (Å²) >= 11 is 1.66. The van der Waals surface area contributed by atoms with Crippen molar-refractivity contribution < 1.29 is 0 Å². The maximum Gasteiger partial charge on any atom is 0.225 e. The van der Waals surface area contributed by atoms with Gasteiger partial charge in [0, 0.05) is 16.8 Å². The molecule has 0 radical (unpaired) electrons. The Morgan fingerprint density at radius 1 is 1.14 bits per heavy atom. The molecule has 0 saturated carbocycles. The number of aromatic nitrogens is 3. The molecule has 2 aromatic heterocycles. The maximum atomic E-state index is 4.57. The van der Waals surface area contributed by atoms with E-state index in [0.29, 0.717) is 5.95 Å². The van der Waals surface area contributed by atoms with E-state index in [0.717, 1.165) is 35.5 Å². The molecule has 0 aliphatic rings. The summed E-state index contributed by atoms with van der Waals surface area (Å²) in [5.74, 6) is 1.50. The van der Waals surface area contributed by atoms with E-state index in [2.05, 4.69) is 25.6 Å². The first-order valence-electron chi connectivity index (χ1n) is 6.91. The van der Waals surface area contributed by atoms with Gasteiger partial charge in [0.25, 0.3) is 0 Å². The van der Waals surface area contributed by atoms with Gasteiger partial charge in [0.1, 0.15) is 5.82 Å². The molecule has 0 saturated heterocycles. The van der Waals surface area contributed by atoms with Crippen LogP contribution >= 0.6 is 11.3 Å². The molecule has 0 bridgehead atoms. The fourth-order valence-electron chi connectivity index (χ4n) is 2.11. The number of fused-ring (bicyclic) bond motifs is 1. The minimum atomic E-state index is 0.653. The molecule has 0 aliphatic carbocycles. The summed E-state index contributed by atoms with van der Waals surface area (Å²) in [5, 5.41) is 7.61. The molecule has 2 heterocycles. The van der Waals surface area contributed by atoms with Gasteiger partial charge in [0.15, 0.2) is 0 Å². The molecule has 0 fully saturated rings. The van der Waals surface area contributed by atoms with Crippen LogP contribution in [0.5, 0.6) is 0 Å². The molecule has 0 unspecified atom stereocenters. The predicted octanol–water partition coefficient (Wildman–Crippen LogP) is 3.44. The average Bonchev–Trinajstić information content (AvgIpc) is 2.90. The first-order chi connectivity index (χ1) is 10.3. The Bertz CT molecular complexity index is 753. The molecule has 1 aromatic carbocycles. The molecule has 0 spiro atoms. The molecular weight excluding hydrogens is 282 g/mol. The number of hydrogen-bond acceptors (Lipinski definition) is 6. The lowest BCUT2D eigenvalue weighted by Gasteiger charge is -2.10. The maximum absolute atomic E-state index is 4.57. The van der Waals surface area contributed by atoms with Gasteiger partial charge in [-0.25, -0.2) is 9.97 Å². The average molecular weight is 299 g/mol. The van der Waals surface area contributed by atoms with Gasteiger partial charge in [-0.1, -0.05) is 12.1 Å². The summed E-state index contributed by atoms with van der Waals surface area (Å²) < 4.78 is 0. The zero-order valence-electron chi connectivity index (χ0n) is 12.1. The first-order valence-corrected chi connectivity index (χ1v) is 7.79. The molecule has 108 valence electrons. The number of hydrogen-bond donors (Lipinski definition) is 2. The van der Waals surface area contributed by atoms with Crippen molar-refractivity contribution in [3.05, 3.63) is 40.3 Å². The van der Waals surface area contributed by atoms with Crippen molar-refractivity contribution in [2.75, 3.05) is 17.2 Å². The Hall–Kier alpha value is -2.21. The van der Waals surface area contributed by atoms with E-state index in [9.17, 15) is 0 Å². The second-order valence-electron chi connectivity index (χ2n) is 4.66. The minimum absolute atomic E-state index is 0.653. The second kappa shape index (κ2) is 6.05. The summed E-state index contributed by atoms with van der Waals surface area (Å²) in [6, 6.07) is 8.03. The van der Waals surface area contributed by atoms with E-state index in [-0.39, 0.29) is 0 Å². The predicted molar refractivity (Wildman–Crippen MR) is 87.9 cm³/mol. The Morgan fingerprint density at radius 3 is 2.76 bits per heavy atom. The minimum Gasteiger partial charge on any atom is -0.364 e. The lowest BCUT2D eigenvalue weighted by Crippen LogP contribution is -2.07. The third-order valence-corrected chi connectivity index (χ3v) is 4.13. The van der Waals surface area contributed by atoms with E-state index in [4.69, 9.17) is 0 Å². The normalized spacial score (nSPS) is 10.8. The zero-order valence-corrected chi connectivity index (χ0v) is 12.9. The number of nitrogens with one attached hydrogen (secondary N) is 2. The van der Waals surface area contributed by atoms with E-state index in [1.165, 1.54) is 4.88 Å². The standard InChI is InChI=1S/C15H17N5S/c1-3-16-15-19-12-7-5-4-6-11(12)14(20-15)17-8-13-10(2)18-9-21-13/h4-7,9H,3,8H2,1-2H3,(H2,16,17,19,20). The third-order valence-electron chi connectivity index (χ3n) is 3.20. The fourth-order valence-corrected chi connectivity index (χ4v) is 2.83. The molecule has 0 aliphatic heterocycles. The van der Waals surface area contributed by atoms with E-state index < -0.39 is 0 Å². The van der Waals surface area contributed by atoms with Gasteiger partial charge in [-0.2, -0.15) is 4.98 Å². The lowest BCUT2D eigenvalue weighted by molar-refractivity contribution is 1.07. The highest BCUT2D eigenvalue weighted by molar-refractivity contribution is 7.09. The number of thiazole rings is 1. The Kier molecular flexibility index (Phi) is 3.96. The number of anilines is 2. The van der Waals surface area contributed by atoms with Gasteiger partial charge in [-0.15, -0.1) is 11.3 Å². The monoisotopic (exact) mass is 299 g/mol. The summed E-state index contributed by atoms with van der Waals surface area (Å²) in [7, 11) is 0. The van der Waals surface area contributed by atoms with E-state index in [1.54, 1.807) is 11.3 Å². The molecule has 21 heavy (non-hydrogen) atoms. The number of aryl methyl sites for hydroxylation is 1. The molecule has 6 heteroatoms. The Balaban J connectivity index is 1.93. The lowest BCUT2D eigenvalue weighted by atomic mass is 10.2. The van der Waals surface area contributed by atoms with Crippen LogP contribution in [-0.2, 0) is 6.54 Å². The van der Waals surface area contributed by atoms with Gasteiger partial charge in [-0.05, 0) is 26.0 Å². The van der Waals surface area contributed by atoms with Gasteiger partial charge >= 0.3 is 0 Å². The van der Waals surface area contributed by atoms with Crippen molar-refractivity contribution in [3.8, 4) is 0 Å². The molecule has 2 N–H and O–H groups in total. The highest BCUT2D eigenvalue weighted by Gasteiger charge is 2.08. The molecule has 5 nitrogen and oxygen atoms in total. The smallest absolute Gasteiger partial charge is 0.225 e. The van der Waals surface area contributed by atoms with Crippen molar-refractivity contribution in [3.63, 3.8) is 0 Å². The van der Waals surface area contributed by atoms with Crippen molar-refractivity contribution >= 4 is 34.0 Å². The van der Waals surface area contributed by atoms with Crippen molar-refractivity contribution in [2.45, 2.75) is 20.4 Å². The van der Waals surface area contributed by atoms with Crippen LogP contribution in [0.2, 0.25) is 0 Å². The molecule has 3 aromatic rings. The van der Waals surface area contributed by atoms with Crippen LogP contribution in [0.25, 0.3) is 10.9 Å². The fraction of sp³-hybridized carbons (Fsp3) is 0.267. The molecule has 0 amide bonds. The number of nitrogens with zero attached hydrogens (tertiary/aromatic N) is 3. The SMILES string of the molecule is CCNc1nc(NCc2scnc2C)c2ccccc2n1. The zero-order chi connectivity index (χ0) is 14.7. The highest BCUT2D eigenvalue weighted by atomic mass is 32.1. The second-order valence-corrected chi connectivity index (χ2v) is 5.60. The summed E-state index contributed by atoms with van der Waals surface area (Å²) in [6.45, 7) is 5.58. The first kappa shape index (κ1) is 13.8. The van der Waals surface area contributed by atoms with Crippen LogP contribution in [-0.4, -0.2) is 21.5 Å². The van der Waals surface area contributed by atoms with Crippen molar-refractivity contribution in [1.82, 2.24) is 15.0 Å². The Morgan fingerprint density at radius 2 is 2.00 bits per heavy atom. The van der Waals surface area contributed by atoms with Crippen molar-refractivity contribution in [1.29, 1.82) is 0 Å². The van der Waals surface area contributed by atoms with E-state index >= 15 is 0 Å². The third kappa shape index (κ3) is 2.95. The summed E-state index contributed by atoms with van der Waals surface area (Å²) in [5.41, 5.74) is 3.87. The van der Waals surface area contributed by atoms with Gasteiger partial charge < -0.3 is 10.6 Å². The van der Waals surface area contributed by atoms with Crippen LogP contribution in [0, 0.1) is 6.92 Å². The Labute approximate surface area is 127 Å². The van der Waals surface area contributed by atoms with Crippen LogP contribution in [0.4, 0.5) is 11.8 Å². The van der Waals surface area contributed by atoms with Gasteiger partial charge in [-0.3, -0.25) is 0 Å². The van der Waals surface area contributed by atoms with Crippen LogP contribution in [0.15, 0.2) is 29.8 Å². The van der Waals surface area contributed by atoms with Gasteiger partial charge in [0.05, 0.1) is 23.3 Å². The van der Waals surface area contributed by atoms with Crippen LogP contribution < -0.4 is 10.6 Å². The number of para-hydroxylation sites is 1.